The second kappa shape index (κ2) is 4.24. The van der Waals surface area contributed by atoms with Crippen LogP contribution >= 0.6 is 0 Å². The van der Waals surface area contributed by atoms with Gasteiger partial charge in [-0.3, -0.25) is 4.79 Å². The zero-order valence-electron chi connectivity index (χ0n) is 9.31. The van der Waals surface area contributed by atoms with E-state index >= 15 is 0 Å². The standard InChI is InChI=1S/C9H20O2Si2/c1-7-12(3,4)8-13(5,6)11-9(2)10/h7H,1,8H2,2-6H3. The van der Waals surface area contributed by atoms with Gasteiger partial charge in [-0.15, -0.1) is 12.3 Å². The van der Waals surface area contributed by atoms with Crippen LogP contribution in [0.25, 0.3) is 0 Å². The van der Waals surface area contributed by atoms with Crippen molar-refractivity contribution in [1.82, 2.24) is 0 Å². The summed E-state index contributed by atoms with van der Waals surface area (Å²) >= 11 is 0. The van der Waals surface area contributed by atoms with Crippen LogP contribution in [-0.2, 0) is 9.22 Å². The van der Waals surface area contributed by atoms with E-state index < -0.39 is 16.4 Å². The second-order valence-electron chi connectivity index (χ2n) is 4.72. The molecule has 0 fully saturated rings. The van der Waals surface area contributed by atoms with E-state index in [1.807, 2.05) is 0 Å². The maximum absolute atomic E-state index is 10.8. The summed E-state index contributed by atoms with van der Waals surface area (Å²) in [5, 5.41) is 0. The zero-order valence-corrected chi connectivity index (χ0v) is 11.3. The number of carbonyl (C=O) groups is 1. The van der Waals surface area contributed by atoms with Gasteiger partial charge in [0.1, 0.15) is 0 Å². The average Bonchev–Trinajstić information content (AvgIpc) is 1.81. The van der Waals surface area contributed by atoms with E-state index in [4.69, 9.17) is 4.43 Å². The molecular formula is C9H20O2Si2. The Morgan fingerprint density at radius 1 is 1.38 bits per heavy atom. The number of carbonyl (C=O) groups excluding carboxylic acids is 1. The molecular weight excluding hydrogens is 196 g/mol. The number of hydrogen-bond acceptors (Lipinski definition) is 2. The first-order chi connectivity index (χ1) is 5.68. The van der Waals surface area contributed by atoms with Gasteiger partial charge in [0, 0.05) is 6.92 Å². The van der Waals surface area contributed by atoms with Gasteiger partial charge in [-0.05, 0) is 18.8 Å². The molecule has 2 nitrogen and oxygen atoms in total. The molecule has 0 unspecified atom stereocenters. The molecule has 0 heterocycles. The molecule has 0 aliphatic rings. The molecule has 0 saturated carbocycles. The first-order valence-electron chi connectivity index (χ1n) is 4.52. The summed E-state index contributed by atoms with van der Waals surface area (Å²) in [6.07, 6.45) is 0. The van der Waals surface area contributed by atoms with E-state index in [0.717, 1.165) is 5.67 Å². The monoisotopic (exact) mass is 216 g/mol. The highest BCUT2D eigenvalue weighted by atomic mass is 28.4. The molecule has 0 radical (unpaired) electrons. The molecule has 0 saturated heterocycles. The molecule has 0 spiro atoms. The van der Waals surface area contributed by atoms with Gasteiger partial charge in [0.05, 0.1) is 8.07 Å². The minimum Gasteiger partial charge on any atom is -0.520 e. The third kappa shape index (κ3) is 5.82. The predicted molar refractivity (Wildman–Crippen MR) is 61.7 cm³/mol. The normalized spacial score (nSPS) is 12.4. The van der Waals surface area contributed by atoms with Gasteiger partial charge in [-0.1, -0.05) is 13.1 Å². The van der Waals surface area contributed by atoms with Crippen molar-refractivity contribution < 1.29 is 9.22 Å². The lowest BCUT2D eigenvalue weighted by Gasteiger charge is -2.28. The Morgan fingerprint density at radius 2 is 1.85 bits per heavy atom. The molecule has 0 amide bonds. The summed E-state index contributed by atoms with van der Waals surface area (Å²) in [4.78, 5) is 10.8. The summed E-state index contributed by atoms with van der Waals surface area (Å²) in [6.45, 7) is 14.0. The van der Waals surface area contributed by atoms with Crippen molar-refractivity contribution in [3.05, 3.63) is 12.3 Å². The molecule has 0 bridgehead atoms. The Kier molecular flexibility index (Phi) is 4.12. The van der Waals surface area contributed by atoms with E-state index in [9.17, 15) is 4.79 Å². The summed E-state index contributed by atoms with van der Waals surface area (Å²) < 4.78 is 5.36. The first-order valence-corrected chi connectivity index (χ1v) is 10.9. The Labute approximate surface area is 83.1 Å². The van der Waals surface area contributed by atoms with Crippen molar-refractivity contribution in [2.24, 2.45) is 0 Å². The fourth-order valence-corrected chi connectivity index (χ4v) is 12.0. The van der Waals surface area contributed by atoms with E-state index in [1.165, 1.54) is 6.92 Å². The highest BCUT2D eigenvalue weighted by molar-refractivity contribution is 6.95. The van der Waals surface area contributed by atoms with Crippen molar-refractivity contribution in [3.63, 3.8) is 0 Å². The summed E-state index contributed by atoms with van der Waals surface area (Å²) in [5.74, 6) is -0.148. The topological polar surface area (TPSA) is 26.3 Å². The van der Waals surface area contributed by atoms with E-state index in [-0.39, 0.29) is 5.97 Å². The average molecular weight is 216 g/mol. The Balaban J connectivity index is 4.32. The molecule has 0 aliphatic carbocycles. The van der Waals surface area contributed by atoms with Crippen molar-refractivity contribution >= 4 is 22.4 Å². The van der Waals surface area contributed by atoms with Gasteiger partial charge in [0.2, 0.25) is 8.32 Å². The lowest BCUT2D eigenvalue weighted by atomic mass is 10.9. The van der Waals surface area contributed by atoms with Gasteiger partial charge in [-0.2, -0.15) is 0 Å². The smallest absolute Gasteiger partial charge is 0.289 e. The van der Waals surface area contributed by atoms with Crippen LogP contribution in [0.5, 0.6) is 0 Å². The molecule has 0 aromatic rings. The van der Waals surface area contributed by atoms with Crippen molar-refractivity contribution in [3.8, 4) is 0 Å². The SMILES string of the molecule is C=C[Si](C)(C)C[Si](C)(C)OC(C)=O. The molecule has 0 aromatic heterocycles. The lowest BCUT2D eigenvalue weighted by Crippen LogP contribution is -2.41. The lowest BCUT2D eigenvalue weighted by molar-refractivity contribution is -0.132. The van der Waals surface area contributed by atoms with Crippen LogP contribution in [0.1, 0.15) is 6.92 Å². The Hall–Kier alpha value is -0.356. The third-order valence-electron chi connectivity index (χ3n) is 1.85. The van der Waals surface area contributed by atoms with Crippen LogP contribution in [0.15, 0.2) is 12.3 Å². The van der Waals surface area contributed by atoms with E-state index in [1.54, 1.807) is 0 Å². The molecule has 0 aromatic carbocycles. The quantitative estimate of drug-likeness (QED) is 0.676. The summed E-state index contributed by atoms with van der Waals surface area (Å²) in [7, 11) is -3.11. The van der Waals surface area contributed by atoms with Crippen LogP contribution < -0.4 is 0 Å². The fraction of sp³-hybridized carbons (Fsp3) is 0.667. The predicted octanol–water partition coefficient (Wildman–Crippen LogP) is 2.73. The molecule has 76 valence electrons. The number of hydrogen-bond donors (Lipinski definition) is 0. The van der Waals surface area contributed by atoms with Gasteiger partial charge in [0.25, 0.3) is 5.97 Å². The Bertz CT molecular complexity index is 210. The zero-order chi connectivity index (χ0) is 10.7. The molecule has 0 atom stereocenters. The first kappa shape index (κ1) is 12.6. The van der Waals surface area contributed by atoms with Crippen molar-refractivity contribution in [2.75, 3.05) is 0 Å². The fourth-order valence-electron chi connectivity index (χ4n) is 1.59. The van der Waals surface area contributed by atoms with Crippen molar-refractivity contribution in [2.45, 2.75) is 38.8 Å². The minimum atomic E-state index is -1.78. The molecule has 0 N–H and O–H groups in total. The van der Waals surface area contributed by atoms with Crippen LogP contribution in [0, 0.1) is 0 Å². The second-order valence-corrected chi connectivity index (χ2v) is 14.2. The maximum atomic E-state index is 10.8. The molecule has 0 aliphatic heterocycles. The van der Waals surface area contributed by atoms with Crippen LogP contribution in [-0.4, -0.2) is 22.4 Å². The highest BCUT2D eigenvalue weighted by Gasteiger charge is 2.33. The summed E-state index contributed by atoms with van der Waals surface area (Å²) in [6, 6.07) is 0. The molecule has 4 heteroatoms. The van der Waals surface area contributed by atoms with Gasteiger partial charge in [0.15, 0.2) is 0 Å². The maximum Gasteiger partial charge on any atom is 0.289 e. The van der Waals surface area contributed by atoms with Crippen LogP contribution in [0.4, 0.5) is 0 Å². The molecule has 13 heavy (non-hydrogen) atoms. The highest BCUT2D eigenvalue weighted by Crippen LogP contribution is 2.21. The van der Waals surface area contributed by atoms with Crippen LogP contribution in [0.2, 0.25) is 31.9 Å². The largest absolute Gasteiger partial charge is 0.520 e. The van der Waals surface area contributed by atoms with Crippen molar-refractivity contribution in [1.29, 1.82) is 0 Å². The van der Waals surface area contributed by atoms with Gasteiger partial charge in [-0.25, -0.2) is 0 Å². The number of rotatable bonds is 4. The molecule has 0 rings (SSSR count). The summed E-state index contributed by atoms with van der Waals surface area (Å²) in [5.41, 5.74) is 3.12. The van der Waals surface area contributed by atoms with E-state index in [0.29, 0.717) is 0 Å². The van der Waals surface area contributed by atoms with E-state index in [2.05, 4.69) is 38.5 Å². The third-order valence-corrected chi connectivity index (χ3v) is 10.8. The van der Waals surface area contributed by atoms with Crippen LogP contribution in [0.3, 0.4) is 0 Å². The van der Waals surface area contributed by atoms with Gasteiger partial charge >= 0.3 is 0 Å². The minimum absolute atomic E-state index is 0.148. The van der Waals surface area contributed by atoms with Gasteiger partial charge < -0.3 is 4.43 Å². The Morgan fingerprint density at radius 3 is 2.15 bits per heavy atom.